The SMILES string of the molecule is CCCNCCC(C)CCc1c(C)cc(C)cc1C. The molecule has 0 heterocycles. The molecule has 1 aromatic carbocycles. The highest BCUT2D eigenvalue weighted by Crippen LogP contribution is 2.20. The molecule has 1 unspecified atom stereocenters. The van der Waals surface area contributed by atoms with Gasteiger partial charge in [-0.25, -0.2) is 0 Å². The Labute approximate surface area is 119 Å². The minimum absolute atomic E-state index is 0.810. The quantitative estimate of drug-likeness (QED) is 0.676. The Balaban J connectivity index is 2.40. The molecule has 1 aromatic rings. The van der Waals surface area contributed by atoms with Crippen molar-refractivity contribution in [3.8, 4) is 0 Å². The molecule has 0 amide bonds. The fourth-order valence-electron chi connectivity index (χ4n) is 2.79. The van der Waals surface area contributed by atoms with Gasteiger partial charge in [-0.1, -0.05) is 31.5 Å². The minimum Gasteiger partial charge on any atom is -0.317 e. The first-order valence-electron chi connectivity index (χ1n) is 7.82. The molecule has 0 aliphatic heterocycles. The largest absolute Gasteiger partial charge is 0.317 e. The van der Waals surface area contributed by atoms with Crippen molar-refractivity contribution < 1.29 is 0 Å². The van der Waals surface area contributed by atoms with Crippen molar-refractivity contribution in [2.75, 3.05) is 13.1 Å². The van der Waals surface area contributed by atoms with Crippen LogP contribution in [0.4, 0.5) is 0 Å². The third kappa shape index (κ3) is 5.78. The average Bonchev–Trinajstić information content (AvgIpc) is 2.33. The summed E-state index contributed by atoms with van der Waals surface area (Å²) in [6.07, 6.45) is 5.06. The first-order chi connectivity index (χ1) is 9.04. The van der Waals surface area contributed by atoms with E-state index in [1.54, 1.807) is 5.56 Å². The Morgan fingerprint density at radius 2 is 1.63 bits per heavy atom. The number of hydrogen-bond donors (Lipinski definition) is 1. The van der Waals surface area contributed by atoms with Crippen LogP contribution in [0, 0.1) is 26.7 Å². The molecule has 0 fully saturated rings. The van der Waals surface area contributed by atoms with Crippen molar-refractivity contribution in [1.82, 2.24) is 5.32 Å². The lowest BCUT2D eigenvalue weighted by atomic mass is 9.92. The lowest BCUT2D eigenvalue weighted by Crippen LogP contribution is -2.18. The molecule has 0 bridgehead atoms. The summed E-state index contributed by atoms with van der Waals surface area (Å²) in [7, 11) is 0. The molecule has 1 atom stereocenters. The third-order valence-electron chi connectivity index (χ3n) is 3.97. The van der Waals surface area contributed by atoms with Crippen LogP contribution < -0.4 is 5.32 Å². The van der Waals surface area contributed by atoms with Gasteiger partial charge in [0, 0.05) is 0 Å². The van der Waals surface area contributed by atoms with E-state index in [4.69, 9.17) is 0 Å². The average molecular weight is 261 g/mol. The molecule has 1 rings (SSSR count). The van der Waals surface area contributed by atoms with Crippen LogP contribution in [0.1, 0.15) is 55.4 Å². The topological polar surface area (TPSA) is 12.0 Å². The van der Waals surface area contributed by atoms with E-state index >= 15 is 0 Å². The lowest BCUT2D eigenvalue weighted by molar-refractivity contribution is 0.469. The molecule has 0 aromatic heterocycles. The summed E-state index contributed by atoms with van der Waals surface area (Å²) >= 11 is 0. The van der Waals surface area contributed by atoms with Crippen LogP contribution in [0.3, 0.4) is 0 Å². The summed E-state index contributed by atoms with van der Waals surface area (Å²) < 4.78 is 0. The summed E-state index contributed by atoms with van der Waals surface area (Å²) in [6, 6.07) is 4.63. The minimum atomic E-state index is 0.810. The van der Waals surface area contributed by atoms with Crippen molar-refractivity contribution in [2.24, 2.45) is 5.92 Å². The zero-order valence-corrected chi connectivity index (χ0v) is 13.5. The van der Waals surface area contributed by atoms with Gasteiger partial charge in [-0.3, -0.25) is 0 Å². The Hall–Kier alpha value is -0.820. The molecular weight excluding hydrogens is 230 g/mol. The van der Waals surface area contributed by atoms with E-state index in [2.05, 4.69) is 52.1 Å². The lowest BCUT2D eigenvalue weighted by Gasteiger charge is -2.15. The van der Waals surface area contributed by atoms with Crippen molar-refractivity contribution in [2.45, 2.75) is 60.3 Å². The maximum atomic E-state index is 3.49. The zero-order valence-electron chi connectivity index (χ0n) is 13.5. The standard InChI is InChI=1S/C18H31N/c1-6-10-19-11-9-14(2)7-8-18-16(4)12-15(3)13-17(18)5/h12-14,19H,6-11H2,1-5H3. The molecule has 1 N–H and O–H groups in total. The van der Waals surface area contributed by atoms with Crippen LogP contribution in [0.5, 0.6) is 0 Å². The van der Waals surface area contributed by atoms with Crippen molar-refractivity contribution in [3.63, 3.8) is 0 Å². The van der Waals surface area contributed by atoms with Gasteiger partial charge in [0.1, 0.15) is 0 Å². The van der Waals surface area contributed by atoms with Crippen LogP contribution in [0.25, 0.3) is 0 Å². The van der Waals surface area contributed by atoms with Gasteiger partial charge >= 0.3 is 0 Å². The number of aryl methyl sites for hydroxylation is 3. The maximum Gasteiger partial charge on any atom is -0.00464 e. The summed E-state index contributed by atoms with van der Waals surface area (Å²) in [5.41, 5.74) is 5.89. The summed E-state index contributed by atoms with van der Waals surface area (Å²) in [5, 5.41) is 3.49. The normalized spacial score (nSPS) is 12.7. The predicted octanol–water partition coefficient (Wildman–Crippen LogP) is 4.57. The summed E-state index contributed by atoms with van der Waals surface area (Å²) in [4.78, 5) is 0. The highest BCUT2D eigenvalue weighted by molar-refractivity contribution is 5.37. The summed E-state index contributed by atoms with van der Waals surface area (Å²) in [6.45, 7) is 13.6. The van der Waals surface area contributed by atoms with Crippen molar-refractivity contribution >= 4 is 0 Å². The number of benzene rings is 1. The summed E-state index contributed by atoms with van der Waals surface area (Å²) in [5.74, 6) is 0.810. The second kappa shape index (κ2) is 8.37. The Bertz CT molecular complexity index is 358. The van der Waals surface area contributed by atoms with E-state index in [1.807, 2.05) is 0 Å². The molecule has 0 saturated carbocycles. The second-order valence-corrected chi connectivity index (χ2v) is 6.06. The Kier molecular flexibility index (Phi) is 7.15. The smallest absolute Gasteiger partial charge is 0.00464 e. The van der Waals surface area contributed by atoms with E-state index in [0.717, 1.165) is 12.5 Å². The highest BCUT2D eigenvalue weighted by Gasteiger charge is 2.07. The van der Waals surface area contributed by atoms with Gasteiger partial charge in [0.25, 0.3) is 0 Å². The van der Waals surface area contributed by atoms with E-state index in [1.165, 1.54) is 48.9 Å². The van der Waals surface area contributed by atoms with Gasteiger partial charge in [-0.05, 0) is 82.2 Å². The first-order valence-corrected chi connectivity index (χ1v) is 7.82. The van der Waals surface area contributed by atoms with E-state index < -0.39 is 0 Å². The Morgan fingerprint density at radius 1 is 1.00 bits per heavy atom. The molecule has 0 spiro atoms. The van der Waals surface area contributed by atoms with Gasteiger partial charge in [0.05, 0.1) is 0 Å². The van der Waals surface area contributed by atoms with Gasteiger partial charge in [-0.15, -0.1) is 0 Å². The van der Waals surface area contributed by atoms with Crippen LogP contribution in [-0.2, 0) is 6.42 Å². The molecule has 1 heteroatoms. The third-order valence-corrected chi connectivity index (χ3v) is 3.97. The molecule has 0 aliphatic carbocycles. The van der Waals surface area contributed by atoms with Crippen LogP contribution in [-0.4, -0.2) is 13.1 Å². The van der Waals surface area contributed by atoms with Gasteiger partial charge in [0.15, 0.2) is 0 Å². The molecule has 0 radical (unpaired) electrons. The van der Waals surface area contributed by atoms with E-state index in [0.29, 0.717) is 0 Å². The monoisotopic (exact) mass is 261 g/mol. The van der Waals surface area contributed by atoms with E-state index in [-0.39, 0.29) is 0 Å². The molecule has 19 heavy (non-hydrogen) atoms. The second-order valence-electron chi connectivity index (χ2n) is 6.06. The maximum absolute atomic E-state index is 3.49. The van der Waals surface area contributed by atoms with Crippen LogP contribution in [0.2, 0.25) is 0 Å². The van der Waals surface area contributed by atoms with Crippen LogP contribution >= 0.6 is 0 Å². The van der Waals surface area contributed by atoms with Gasteiger partial charge in [-0.2, -0.15) is 0 Å². The van der Waals surface area contributed by atoms with Crippen molar-refractivity contribution in [1.29, 1.82) is 0 Å². The Morgan fingerprint density at radius 3 is 2.21 bits per heavy atom. The van der Waals surface area contributed by atoms with Gasteiger partial charge in [0.2, 0.25) is 0 Å². The van der Waals surface area contributed by atoms with E-state index in [9.17, 15) is 0 Å². The van der Waals surface area contributed by atoms with Gasteiger partial charge < -0.3 is 5.32 Å². The highest BCUT2D eigenvalue weighted by atomic mass is 14.8. The number of rotatable bonds is 8. The molecule has 1 nitrogen and oxygen atoms in total. The first kappa shape index (κ1) is 16.2. The molecule has 0 aliphatic rings. The molecule has 108 valence electrons. The molecule has 0 saturated heterocycles. The number of hydrogen-bond acceptors (Lipinski definition) is 1. The predicted molar refractivity (Wildman–Crippen MR) is 85.9 cm³/mol. The molecular formula is C18H31N. The van der Waals surface area contributed by atoms with Crippen LogP contribution in [0.15, 0.2) is 12.1 Å². The number of nitrogens with one attached hydrogen (secondary N) is 1. The zero-order chi connectivity index (χ0) is 14.3. The fraction of sp³-hybridized carbons (Fsp3) is 0.667. The van der Waals surface area contributed by atoms with Crippen molar-refractivity contribution in [3.05, 3.63) is 34.4 Å². The fourth-order valence-corrected chi connectivity index (χ4v) is 2.79.